The van der Waals surface area contributed by atoms with E-state index in [1.807, 2.05) is 0 Å². The summed E-state index contributed by atoms with van der Waals surface area (Å²) in [6, 6.07) is 4.93. The van der Waals surface area contributed by atoms with Crippen molar-refractivity contribution in [2.45, 2.75) is 25.4 Å². The lowest BCUT2D eigenvalue weighted by atomic mass is 9.83. The van der Waals surface area contributed by atoms with E-state index in [2.05, 4.69) is 5.32 Å². The Morgan fingerprint density at radius 3 is 2.34 bits per heavy atom. The van der Waals surface area contributed by atoms with Crippen LogP contribution in [0.15, 0.2) is 29.3 Å². The Balaban J connectivity index is 1.86. The monoisotopic (exact) mass is 424 g/mol. The molecule has 0 radical (unpaired) electrons. The van der Waals surface area contributed by atoms with Gasteiger partial charge in [-0.1, -0.05) is 0 Å². The van der Waals surface area contributed by atoms with Gasteiger partial charge in [0.15, 0.2) is 11.5 Å². The molecule has 1 saturated heterocycles. The number of amides is 1. The molecular formula is C19H24N2O7S. The molecular weight excluding hydrogens is 400 g/mol. The summed E-state index contributed by atoms with van der Waals surface area (Å²) >= 11 is 0. The predicted octanol–water partition coefficient (Wildman–Crippen LogP) is 1.31. The summed E-state index contributed by atoms with van der Waals surface area (Å²) in [6.07, 6.45) is 1.58. The molecule has 29 heavy (non-hydrogen) atoms. The number of rotatable bonds is 5. The van der Waals surface area contributed by atoms with Crippen LogP contribution in [0.1, 0.15) is 19.8 Å². The van der Waals surface area contributed by atoms with Crippen molar-refractivity contribution >= 4 is 27.6 Å². The van der Waals surface area contributed by atoms with Crippen molar-refractivity contribution < 1.29 is 32.2 Å². The van der Waals surface area contributed by atoms with Crippen molar-refractivity contribution in [2.75, 3.05) is 38.9 Å². The van der Waals surface area contributed by atoms with Crippen molar-refractivity contribution in [1.82, 2.24) is 4.31 Å². The normalized spacial score (nSPS) is 19.2. The summed E-state index contributed by atoms with van der Waals surface area (Å²) in [7, 11) is -0.347. The number of hydrogen-bond acceptors (Lipinski definition) is 7. The molecule has 1 amide bonds. The average molecular weight is 424 g/mol. The van der Waals surface area contributed by atoms with Crippen LogP contribution in [0.25, 0.3) is 0 Å². The van der Waals surface area contributed by atoms with Gasteiger partial charge >= 0.3 is 5.97 Å². The van der Waals surface area contributed by atoms with E-state index in [4.69, 9.17) is 14.2 Å². The van der Waals surface area contributed by atoms with Crippen LogP contribution in [-0.4, -0.2) is 63.8 Å². The SMILES string of the molecule is COc1ccc(NC(=O)C2=C(C)C(=O)OC23CCN(S(C)(=O)=O)CC3)cc1OC. The highest BCUT2D eigenvalue weighted by molar-refractivity contribution is 7.88. The summed E-state index contributed by atoms with van der Waals surface area (Å²) in [5.74, 6) is -0.0561. The topological polar surface area (TPSA) is 111 Å². The average Bonchev–Trinajstić information content (AvgIpc) is 2.90. The second-order valence-corrected chi connectivity index (χ2v) is 9.05. The molecule has 0 bridgehead atoms. The Labute approximate surface area is 169 Å². The number of hydrogen-bond donors (Lipinski definition) is 1. The van der Waals surface area contributed by atoms with E-state index in [1.54, 1.807) is 25.1 Å². The number of piperidine rings is 1. The molecule has 1 N–H and O–H groups in total. The van der Waals surface area contributed by atoms with Crippen molar-refractivity contribution in [2.24, 2.45) is 0 Å². The fraction of sp³-hybridized carbons (Fsp3) is 0.474. The first-order chi connectivity index (χ1) is 13.6. The first-order valence-electron chi connectivity index (χ1n) is 9.04. The molecule has 2 aliphatic rings. The molecule has 0 saturated carbocycles. The maximum atomic E-state index is 13.1. The molecule has 1 fully saturated rings. The summed E-state index contributed by atoms with van der Waals surface area (Å²) in [5.41, 5.74) is -0.180. The standard InChI is InChI=1S/C19H24N2O7S/c1-12-16(17(22)20-13-5-6-14(26-2)15(11-13)27-3)19(28-18(12)23)7-9-21(10-8-19)29(4,24)25/h5-6,11H,7-10H2,1-4H3,(H,20,22). The number of nitrogens with one attached hydrogen (secondary N) is 1. The van der Waals surface area contributed by atoms with Gasteiger partial charge in [0.2, 0.25) is 10.0 Å². The molecule has 1 aromatic rings. The maximum absolute atomic E-state index is 13.1. The molecule has 158 valence electrons. The fourth-order valence-corrected chi connectivity index (χ4v) is 4.61. The Bertz CT molecular complexity index is 976. The van der Waals surface area contributed by atoms with Crippen LogP contribution < -0.4 is 14.8 Å². The van der Waals surface area contributed by atoms with Gasteiger partial charge in [-0.2, -0.15) is 0 Å². The van der Waals surface area contributed by atoms with Crippen LogP contribution in [0.4, 0.5) is 5.69 Å². The zero-order chi connectivity index (χ0) is 21.4. The van der Waals surface area contributed by atoms with Gasteiger partial charge in [-0.05, 0) is 19.1 Å². The maximum Gasteiger partial charge on any atom is 0.335 e. The number of anilines is 1. The molecule has 2 heterocycles. The second kappa shape index (κ2) is 7.68. The van der Waals surface area contributed by atoms with Crippen molar-refractivity contribution in [3.05, 3.63) is 29.3 Å². The van der Waals surface area contributed by atoms with Gasteiger partial charge in [0.1, 0.15) is 5.60 Å². The van der Waals surface area contributed by atoms with Crippen LogP contribution >= 0.6 is 0 Å². The highest BCUT2D eigenvalue weighted by atomic mass is 32.2. The van der Waals surface area contributed by atoms with E-state index in [0.29, 0.717) is 17.2 Å². The van der Waals surface area contributed by atoms with E-state index in [1.165, 1.54) is 18.5 Å². The van der Waals surface area contributed by atoms with E-state index in [9.17, 15) is 18.0 Å². The molecule has 0 unspecified atom stereocenters. The summed E-state index contributed by atoms with van der Waals surface area (Å²) in [5, 5.41) is 2.78. The van der Waals surface area contributed by atoms with E-state index < -0.39 is 27.5 Å². The number of carbonyl (C=O) groups is 2. The lowest BCUT2D eigenvalue weighted by Gasteiger charge is -2.38. The minimum absolute atomic E-state index is 0.173. The van der Waals surface area contributed by atoms with Crippen LogP contribution in [0.3, 0.4) is 0 Å². The molecule has 0 atom stereocenters. The van der Waals surface area contributed by atoms with Crippen molar-refractivity contribution in [3.8, 4) is 11.5 Å². The minimum atomic E-state index is -3.35. The zero-order valence-corrected chi connectivity index (χ0v) is 17.6. The molecule has 3 rings (SSSR count). The first kappa shape index (κ1) is 21.1. The number of carbonyl (C=O) groups excluding carboxylic acids is 2. The van der Waals surface area contributed by atoms with Gasteiger partial charge in [-0.25, -0.2) is 17.5 Å². The highest BCUT2D eigenvalue weighted by Gasteiger charge is 2.51. The highest BCUT2D eigenvalue weighted by Crippen LogP contribution is 2.42. The Hall–Kier alpha value is -2.59. The number of sulfonamides is 1. The molecule has 1 spiro atoms. The minimum Gasteiger partial charge on any atom is -0.493 e. The number of nitrogens with zero attached hydrogens (tertiary/aromatic N) is 1. The van der Waals surface area contributed by atoms with E-state index in [0.717, 1.165) is 6.26 Å². The number of ether oxygens (including phenoxy) is 3. The third-order valence-electron chi connectivity index (χ3n) is 5.29. The van der Waals surface area contributed by atoms with Gasteiger partial charge < -0.3 is 19.5 Å². The lowest BCUT2D eigenvalue weighted by Crippen LogP contribution is -2.49. The Morgan fingerprint density at radius 1 is 1.17 bits per heavy atom. The van der Waals surface area contributed by atoms with Gasteiger partial charge in [0, 0.05) is 43.3 Å². The largest absolute Gasteiger partial charge is 0.493 e. The smallest absolute Gasteiger partial charge is 0.335 e. The first-order valence-corrected chi connectivity index (χ1v) is 10.9. The zero-order valence-electron chi connectivity index (χ0n) is 16.8. The molecule has 10 heteroatoms. The summed E-state index contributed by atoms with van der Waals surface area (Å²) in [6.45, 7) is 1.89. The fourth-order valence-electron chi connectivity index (χ4n) is 3.76. The molecule has 9 nitrogen and oxygen atoms in total. The Morgan fingerprint density at radius 2 is 1.79 bits per heavy atom. The van der Waals surface area contributed by atoms with Crippen LogP contribution in [0.2, 0.25) is 0 Å². The number of methoxy groups -OCH3 is 2. The third-order valence-corrected chi connectivity index (χ3v) is 6.60. The quantitative estimate of drug-likeness (QED) is 0.710. The van der Waals surface area contributed by atoms with E-state index in [-0.39, 0.29) is 37.1 Å². The second-order valence-electron chi connectivity index (χ2n) is 7.07. The van der Waals surface area contributed by atoms with Gasteiger partial charge in [0.25, 0.3) is 5.91 Å². The lowest BCUT2D eigenvalue weighted by molar-refractivity contribution is -0.149. The van der Waals surface area contributed by atoms with Crippen molar-refractivity contribution in [1.29, 1.82) is 0 Å². The Kier molecular flexibility index (Phi) is 5.59. The summed E-state index contributed by atoms with van der Waals surface area (Å²) in [4.78, 5) is 25.3. The molecule has 0 aliphatic carbocycles. The summed E-state index contributed by atoms with van der Waals surface area (Å²) < 4.78 is 40.9. The van der Waals surface area contributed by atoms with Gasteiger partial charge in [-0.15, -0.1) is 0 Å². The van der Waals surface area contributed by atoms with Crippen LogP contribution in [0.5, 0.6) is 11.5 Å². The van der Waals surface area contributed by atoms with Crippen LogP contribution in [0, 0.1) is 0 Å². The van der Waals surface area contributed by atoms with E-state index >= 15 is 0 Å². The molecule has 2 aliphatic heterocycles. The van der Waals surface area contributed by atoms with Crippen molar-refractivity contribution in [3.63, 3.8) is 0 Å². The number of benzene rings is 1. The molecule has 1 aromatic carbocycles. The number of esters is 1. The van der Waals surface area contributed by atoms with Crippen LogP contribution in [-0.2, 0) is 24.3 Å². The predicted molar refractivity (Wildman–Crippen MR) is 105 cm³/mol. The van der Waals surface area contributed by atoms with Gasteiger partial charge in [0.05, 0.1) is 26.0 Å². The molecule has 0 aromatic heterocycles. The van der Waals surface area contributed by atoms with Gasteiger partial charge in [-0.3, -0.25) is 4.79 Å². The third kappa shape index (κ3) is 3.95.